The number of ketones is 1. The molecule has 0 fully saturated rings. The Bertz CT molecular complexity index is 530. The molecule has 0 saturated heterocycles. The smallest absolute Gasteiger partial charge is 0.188 e. The number of hydrogen-bond donors (Lipinski definition) is 1. The summed E-state index contributed by atoms with van der Waals surface area (Å²) in [5, 5.41) is 4.19. The summed E-state index contributed by atoms with van der Waals surface area (Å²) in [4.78, 5) is 20.5. The zero-order valence-corrected chi connectivity index (χ0v) is 13.6. The summed E-state index contributed by atoms with van der Waals surface area (Å²) in [5.74, 6) is 0.0581. The Hall–Kier alpha value is -0.790. The Morgan fingerprint density at radius 3 is 2.72 bits per heavy atom. The van der Waals surface area contributed by atoms with Crippen molar-refractivity contribution in [2.45, 2.75) is 6.92 Å². The second-order valence-electron chi connectivity index (χ2n) is 3.35. The Balaban J connectivity index is 0.00000162. The molecule has 4 nitrogen and oxygen atoms in total. The van der Waals surface area contributed by atoms with Gasteiger partial charge in [-0.2, -0.15) is 0 Å². The first-order valence-corrected chi connectivity index (χ1v) is 6.88. The molecule has 0 amide bonds. The van der Waals surface area contributed by atoms with Gasteiger partial charge in [-0.25, -0.2) is 4.98 Å². The monoisotopic (exact) mass is 391 g/mol. The van der Waals surface area contributed by atoms with Gasteiger partial charge in [-0.1, -0.05) is 27.3 Å². The minimum atomic E-state index is 0. The number of anilines is 2. The van der Waals surface area contributed by atoms with Crippen LogP contribution in [0.15, 0.2) is 24.5 Å². The molecule has 0 aliphatic rings. The van der Waals surface area contributed by atoms with E-state index in [0.29, 0.717) is 10.2 Å². The Kier molecular flexibility index (Phi) is 5.90. The average molecular weight is 393 g/mol. The molecule has 7 heteroatoms. The van der Waals surface area contributed by atoms with Gasteiger partial charge in [0.2, 0.25) is 0 Å². The van der Waals surface area contributed by atoms with E-state index in [1.807, 2.05) is 19.1 Å². The minimum absolute atomic E-state index is 0. The first kappa shape index (κ1) is 15.3. The van der Waals surface area contributed by atoms with Crippen molar-refractivity contribution in [2.75, 3.05) is 10.6 Å². The van der Waals surface area contributed by atoms with Crippen molar-refractivity contribution in [3.8, 4) is 0 Å². The Labute approximate surface area is 128 Å². The van der Waals surface area contributed by atoms with Crippen molar-refractivity contribution in [2.24, 2.45) is 0 Å². The predicted molar refractivity (Wildman–Crippen MR) is 82.8 cm³/mol. The van der Waals surface area contributed by atoms with E-state index < -0.39 is 0 Å². The van der Waals surface area contributed by atoms with Crippen LogP contribution in [0.1, 0.15) is 15.4 Å². The molecule has 0 unspecified atom stereocenters. The van der Waals surface area contributed by atoms with Gasteiger partial charge >= 0.3 is 0 Å². The van der Waals surface area contributed by atoms with E-state index in [-0.39, 0.29) is 22.8 Å². The first-order valence-electron chi connectivity index (χ1n) is 4.94. The third kappa shape index (κ3) is 3.60. The van der Waals surface area contributed by atoms with Crippen molar-refractivity contribution < 1.29 is 4.79 Å². The molecule has 18 heavy (non-hydrogen) atoms. The average Bonchev–Trinajstić information content (AvgIpc) is 2.70. The molecule has 2 aromatic heterocycles. The van der Waals surface area contributed by atoms with Crippen molar-refractivity contribution >= 4 is 60.9 Å². The standard InChI is InChI=1S/C11H10BrN3OS.BrH/c1-7-10(9(16)6-12)17-11(14-7)15-8-2-4-13-5-3-8;/h2-5H,6H2,1H3,(H,13,14,15);1H. The fraction of sp³-hybridized carbons (Fsp3) is 0.182. The molecule has 0 aliphatic heterocycles. The van der Waals surface area contributed by atoms with Crippen molar-refractivity contribution in [3.63, 3.8) is 0 Å². The van der Waals surface area contributed by atoms with Gasteiger partial charge in [0, 0.05) is 18.1 Å². The van der Waals surface area contributed by atoms with Gasteiger partial charge in [-0.05, 0) is 19.1 Å². The maximum absolute atomic E-state index is 11.6. The van der Waals surface area contributed by atoms with Gasteiger partial charge in [0.1, 0.15) is 0 Å². The number of alkyl halides is 1. The van der Waals surface area contributed by atoms with Crippen LogP contribution in [0.4, 0.5) is 10.8 Å². The molecule has 0 aliphatic carbocycles. The topological polar surface area (TPSA) is 54.9 Å². The number of hydrogen-bond acceptors (Lipinski definition) is 5. The van der Waals surface area contributed by atoms with Crippen LogP contribution in [0.5, 0.6) is 0 Å². The summed E-state index contributed by atoms with van der Waals surface area (Å²) < 4.78 is 0. The molecular weight excluding hydrogens is 382 g/mol. The summed E-state index contributed by atoms with van der Waals surface area (Å²) in [5.41, 5.74) is 1.67. The number of aryl methyl sites for hydroxylation is 1. The number of thiazole rings is 1. The molecule has 96 valence electrons. The van der Waals surface area contributed by atoms with Crippen LogP contribution in [-0.2, 0) is 0 Å². The zero-order valence-electron chi connectivity index (χ0n) is 9.51. The number of carbonyl (C=O) groups excluding carboxylic acids is 1. The molecule has 2 aromatic rings. The molecule has 0 atom stereocenters. The second kappa shape index (κ2) is 6.96. The molecular formula is C11H11Br2N3OS. The Morgan fingerprint density at radius 2 is 2.11 bits per heavy atom. The maximum Gasteiger partial charge on any atom is 0.188 e. The molecule has 0 bridgehead atoms. The van der Waals surface area contributed by atoms with Crippen LogP contribution in [-0.4, -0.2) is 21.1 Å². The van der Waals surface area contributed by atoms with E-state index in [4.69, 9.17) is 0 Å². The predicted octanol–water partition coefficient (Wildman–Crippen LogP) is 3.75. The van der Waals surface area contributed by atoms with Crippen LogP contribution >= 0.6 is 44.2 Å². The minimum Gasteiger partial charge on any atom is -0.331 e. The molecule has 0 spiro atoms. The van der Waals surface area contributed by atoms with Crippen LogP contribution in [0.25, 0.3) is 0 Å². The number of nitrogens with zero attached hydrogens (tertiary/aromatic N) is 2. The van der Waals surface area contributed by atoms with Crippen molar-refractivity contribution in [1.29, 1.82) is 0 Å². The number of Topliss-reactive ketones (excluding diaryl/α,β-unsaturated/α-hetero) is 1. The lowest BCUT2D eigenvalue weighted by atomic mass is 10.3. The van der Waals surface area contributed by atoms with Crippen LogP contribution in [0.2, 0.25) is 0 Å². The van der Waals surface area contributed by atoms with E-state index in [2.05, 4.69) is 31.2 Å². The first-order chi connectivity index (χ1) is 8.20. The van der Waals surface area contributed by atoms with Gasteiger partial charge in [-0.3, -0.25) is 9.78 Å². The number of halogens is 2. The normalized spacial score (nSPS) is 9.67. The molecule has 2 heterocycles. The Morgan fingerprint density at radius 1 is 1.44 bits per heavy atom. The molecule has 2 rings (SSSR count). The number of carbonyl (C=O) groups is 1. The van der Waals surface area contributed by atoms with E-state index in [0.717, 1.165) is 16.5 Å². The summed E-state index contributed by atoms with van der Waals surface area (Å²) in [6.07, 6.45) is 3.40. The SMILES string of the molecule is Br.Cc1nc(Nc2ccncc2)sc1C(=O)CBr. The number of nitrogens with one attached hydrogen (secondary N) is 1. The number of rotatable bonds is 4. The molecule has 1 N–H and O–H groups in total. The van der Waals surface area contributed by atoms with Crippen LogP contribution in [0, 0.1) is 6.92 Å². The highest BCUT2D eigenvalue weighted by molar-refractivity contribution is 9.09. The van der Waals surface area contributed by atoms with Crippen LogP contribution in [0.3, 0.4) is 0 Å². The third-order valence-electron chi connectivity index (χ3n) is 2.10. The summed E-state index contributed by atoms with van der Waals surface area (Å²) >= 11 is 4.53. The molecule has 0 aromatic carbocycles. The fourth-order valence-corrected chi connectivity index (χ4v) is 2.72. The third-order valence-corrected chi connectivity index (χ3v) is 3.73. The number of pyridine rings is 1. The lowest BCUT2D eigenvalue weighted by Gasteiger charge is -1.99. The summed E-state index contributed by atoms with van der Waals surface area (Å²) in [7, 11) is 0. The van der Waals surface area contributed by atoms with E-state index >= 15 is 0 Å². The van der Waals surface area contributed by atoms with E-state index in [1.54, 1.807) is 12.4 Å². The van der Waals surface area contributed by atoms with Gasteiger partial charge < -0.3 is 5.32 Å². The maximum atomic E-state index is 11.6. The molecule has 0 saturated carbocycles. The highest BCUT2D eigenvalue weighted by Gasteiger charge is 2.13. The van der Waals surface area contributed by atoms with Crippen molar-refractivity contribution in [3.05, 3.63) is 35.1 Å². The van der Waals surface area contributed by atoms with Gasteiger partial charge in [0.15, 0.2) is 10.9 Å². The van der Waals surface area contributed by atoms with Gasteiger partial charge in [0.05, 0.1) is 15.9 Å². The number of aromatic nitrogens is 2. The second-order valence-corrected chi connectivity index (χ2v) is 4.91. The van der Waals surface area contributed by atoms with E-state index in [9.17, 15) is 4.79 Å². The summed E-state index contributed by atoms with van der Waals surface area (Å²) in [6.45, 7) is 1.84. The fourth-order valence-electron chi connectivity index (χ4n) is 1.33. The zero-order chi connectivity index (χ0) is 12.3. The van der Waals surface area contributed by atoms with Gasteiger partial charge in [-0.15, -0.1) is 17.0 Å². The van der Waals surface area contributed by atoms with Crippen LogP contribution < -0.4 is 5.32 Å². The highest BCUT2D eigenvalue weighted by atomic mass is 79.9. The highest BCUT2D eigenvalue weighted by Crippen LogP contribution is 2.26. The van der Waals surface area contributed by atoms with Gasteiger partial charge in [0.25, 0.3) is 0 Å². The van der Waals surface area contributed by atoms with Crippen molar-refractivity contribution in [1.82, 2.24) is 9.97 Å². The summed E-state index contributed by atoms with van der Waals surface area (Å²) in [6, 6.07) is 3.70. The quantitative estimate of drug-likeness (QED) is 0.635. The molecule has 0 radical (unpaired) electrons. The largest absolute Gasteiger partial charge is 0.331 e. The van der Waals surface area contributed by atoms with E-state index in [1.165, 1.54) is 11.3 Å². The lowest BCUT2D eigenvalue weighted by molar-refractivity contribution is 0.102. The lowest BCUT2D eigenvalue weighted by Crippen LogP contribution is -1.98.